The van der Waals surface area contributed by atoms with Gasteiger partial charge in [0, 0.05) is 11.5 Å². The first-order valence-corrected chi connectivity index (χ1v) is 5.66. The van der Waals surface area contributed by atoms with Gasteiger partial charge in [0.2, 0.25) is 0 Å². The van der Waals surface area contributed by atoms with E-state index in [1.807, 2.05) is 0 Å². The Morgan fingerprint density at radius 3 is 2.67 bits per heavy atom. The van der Waals surface area contributed by atoms with Crippen molar-refractivity contribution in [3.63, 3.8) is 0 Å². The van der Waals surface area contributed by atoms with Crippen molar-refractivity contribution in [3.05, 3.63) is 0 Å². The largest absolute Gasteiger partial charge is 0.479 e. The lowest BCUT2D eigenvalue weighted by molar-refractivity contribution is -0.151. The third-order valence-electron chi connectivity index (χ3n) is 4.02. The van der Waals surface area contributed by atoms with Crippen LogP contribution in [0.25, 0.3) is 0 Å². The highest BCUT2D eigenvalue weighted by atomic mass is 16.4. The Morgan fingerprint density at radius 1 is 1.60 bits per heavy atom. The summed E-state index contributed by atoms with van der Waals surface area (Å²) in [5, 5.41) is 18.5. The van der Waals surface area contributed by atoms with Gasteiger partial charge in [-0.15, -0.1) is 0 Å². The van der Waals surface area contributed by atoms with Gasteiger partial charge in [0.05, 0.1) is 0 Å². The molecule has 2 unspecified atom stereocenters. The number of carbonyl (C=O) groups is 1. The molecule has 0 amide bonds. The molecule has 15 heavy (non-hydrogen) atoms. The molecule has 0 aromatic carbocycles. The highest BCUT2D eigenvalue weighted by Gasteiger charge is 2.53. The van der Waals surface area contributed by atoms with Crippen molar-refractivity contribution in [1.82, 2.24) is 4.90 Å². The number of hydrogen-bond donors (Lipinski definition) is 2. The maximum Gasteiger partial charge on any atom is 0.333 e. The number of nitrogens with zero attached hydrogens (tertiary/aromatic N) is 1. The van der Waals surface area contributed by atoms with Gasteiger partial charge in [-0.2, -0.15) is 0 Å². The summed E-state index contributed by atoms with van der Waals surface area (Å²) < 4.78 is 0. The average molecular weight is 213 g/mol. The van der Waals surface area contributed by atoms with Gasteiger partial charge in [-0.25, -0.2) is 4.79 Å². The topological polar surface area (TPSA) is 60.8 Å². The van der Waals surface area contributed by atoms with Crippen molar-refractivity contribution in [3.8, 4) is 0 Å². The molecule has 0 aromatic heterocycles. The Bertz CT molecular complexity index is 263. The molecule has 0 spiro atoms. The molecule has 0 radical (unpaired) electrons. The van der Waals surface area contributed by atoms with Crippen molar-refractivity contribution in [2.75, 3.05) is 13.6 Å². The molecule has 2 fully saturated rings. The second-order valence-electron chi connectivity index (χ2n) is 5.08. The molecule has 1 heterocycles. The van der Waals surface area contributed by atoms with Crippen LogP contribution in [0.3, 0.4) is 0 Å². The molecular formula is C11H19NO3. The van der Waals surface area contributed by atoms with E-state index in [9.17, 15) is 9.90 Å². The van der Waals surface area contributed by atoms with Crippen LogP contribution in [-0.4, -0.2) is 46.8 Å². The molecule has 2 rings (SSSR count). The van der Waals surface area contributed by atoms with Crippen molar-refractivity contribution in [1.29, 1.82) is 0 Å². The molecule has 1 aliphatic carbocycles. The van der Waals surface area contributed by atoms with Gasteiger partial charge in [0.1, 0.15) is 0 Å². The first-order valence-electron chi connectivity index (χ1n) is 5.66. The average Bonchev–Trinajstić information content (AvgIpc) is 2.86. The number of aliphatic hydroxyl groups is 1. The maximum atomic E-state index is 10.8. The molecule has 4 nitrogen and oxygen atoms in total. The second kappa shape index (κ2) is 3.76. The summed E-state index contributed by atoms with van der Waals surface area (Å²) in [4.78, 5) is 13.1. The fourth-order valence-corrected chi connectivity index (χ4v) is 2.72. The van der Waals surface area contributed by atoms with Gasteiger partial charge in [-0.1, -0.05) is 0 Å². The molecule has 0 bridgehead atoms. The van der Waals surface area contributed by atoms with Crippen LogP contribution in [0, 0.1) is 5.41 Å². The number of aliphatic hydroxyl groups excluding tert-OH is 1. The van der Waals surface area contributed by atoms with Crippen LogP contribution in [0.1, 0.15) is 32.1 Å². The highest BCUT2D eigenvalue weighted by Crippen LogP contribution is 2.53. The van der Waals surface area contributed by atoms with E-state index >= 15 is 0 Å². The monoisotopic (exact) mass is 213 g/mol. The Labute approximate surface area is 89.9 Å². The van der Waals surface area contributed by atoms with E-state index in [0.29, 0.717) is 6.04 Å². The molecule has 86 valence electrons. The molecule has 2 N–H and O–H groups in total. The zero-order chi connectivity index (χ0) is 11.1. The lowest BCUT2D eigenvalue weighted by Gasteiger charge is -2.26. The lowest BCUT2D eigenvalue weighted by Crippen LogP contribution is -2.36. The molecule has 2 aliphatic rings. The molecule has 2 atom stereocenters. The number of carboxylic acid groups (broad SMARTS) is 1. The Hall–Kier alpha value is -0.610. The Kier molecular flexibility index (Phi) is 2.73. The fraction of sp³-hybridized carbons (Fsp3) is 0.909. The minimum Gasteiger partial charge on any atom is -0.479 e. The molecule has 1 saturated carbocycles. The van der Waals surface area contributed by atoms with Crippen LogP contribution in [-0.2, 0) is 4.79 Å². The van der Waals surface area contributed by atoms with Gasteiger partial charge in [0.15, 0.2) is 6.10 Å². The third-order valence-corrected chi connectivity index (χ3v) is 4.02. The molecule has 1 saturated heterocycles. The summed E-state index contributed by atoms with van der Waals surface area (Å²) in [6.07, 6.45) is 3.75. The maximum absolute atomic E-state index is 10.8. The number of aliphatic carboxylic acids is 1. The zero-order valence-electron chi connectivity index (χ0n) is 9.15. The van der Waals surface area contributed by atoms with Crippen molar-refractivity contribution < 1.29 is 15.0 Å². The van der Waals surface area contributed by atoms with E-state index in [1.165, 1.54) is 6.42 Å². The van der Waals surface area contributed by atoms with E-state index in [4.69, 9.17) is 5.11 Å². The Morgan fingerprint density at radius 2 is 2.27 bits per heavy atom. The van der Waals surface area contributed by atoms with Crippen molar-refractivity contribution in [2.24, 2.45) is 5.41 Å². The van der Waals surface area contributed by atoms with Crippen LogP contribution in [0.15, 0.2) is 0 Å². The molecular weight excluding hydrogens is 194 g/mol. The van der Waals surface area contributed by atoms with Gasteiger partial charge in [0.25, 0.3) is 0 Å². The normalized spacial score (nSPS) is 31.5. The van der Waals surface area contributed by atoms with Gasteiger partial charge >= 0.3 is 5.97 Å². The second-order valence-corrected chi connectivity index (χ2v) is 5.08. The Balaban J connectivity index is 1.96. The van der Waals surface area contributed by atoms with Crippen LogP contribution in [0.5, 0.6) is 0 Å². The van der Waals surface area contributed by atoms with Gasteiger partial charge < -0.3 is 15.1 Å². The van der Waals surface area contributed by atoms with Crippen molar-refractivity contribution in [2.45, 2.75) is 44.2 Å². The number of carboxylic acids is 1. The first-order chi connectivity index (χ1) is 7.05. The standard InChI is InChI=1S/C11H19NO3/c1-12-6-2-3-8(12)7-11(4-5-11)9(13)10(14)15/h8-9,13H,2-7H2,1H3,(H,14,15). The number of rotatable bonds is 4. The smallest absolute Gasteiger partial charge is 0.333 e. The molecule has 4 heteroatoms. The minimum atomic E-state index is -1.16. The summed E-state index contributed by atoms with van der Waals surface area (Å²) in [7, 11) is 2.08. The van der Waals surface area contributed by atoms with E-state index in [0.717, 1.165) is 32.2 Å². The predicted octanol–water partition coefficient (Wildman–Crippen LogP) is 0.696. The summed E-state index contributed by atoms with van der Waals surface area (Å²) in [6, 6.07) is 0.474. The van der Waals surface area contributed by atoms with Crippen LogP contribution in [0.2, 0.25) is 0 Å². The molecule has 0 aromatic rings. The van der Waals surface area contributed by atoms with E-state index in [2.05, 4.69) is 11.9 Å². The summed E-state index contributed by atoms with van der Waals surface area (Å²) in [5.74, 6) is -1.06. The first kappa shape index (κ1) is 10.9. The van der Waals surface area contributed by atoms with Crippen LogP contribution >= 0.6 is 0 Å². The molecule has 1 aliphatic heterocycles. The number of hydrogen-bond acceptors (Lipinski definition) is 3. The summed E-state index contributed by atoms with van der Waals surface area (Å²) >= 11 is 0. The SMILES string of the molecule is CN1CCCC1CC1(C(O)C(=O)O)CC1. The zero-order valence-corrected chi connectivity index (χ0v) is 9.15. The fourth-order valence-electron chi connectivity index (χ4n) is 2.72. The van der Waals surface area contributed by atoms with Gasteiger partial charge in [-0.05, 0) is 45.7 Å². The van der Waals surface area contributed by atoms with E-state index in [1.54, 1.807) is 0 Å². The quantitative estimate of drug-likeness (QED) is 0.721. The highest BCUT2D eigenvalue weighted by molar-refractivity contribution is 5.73. The van der Waals surface area contributed by atoms with Crippen LogP contribution < -0.4 is 0 Å². The summed E-state index contributed by atoms with van der Waals surface area (Å²) in [5.41, 5.74) is -0.310. The minimum absolute atomic E-state index is 0.310. The van der Waals surface area contributed by atoms with E-state index in [-0.39, 0.29) is 5.41 Å². The predicted molar refractivity (Wildman–Crippen MR) is 55.6 cm³/mol. The van der Waals surface area contributed by atoms with Gasteiger partial charge in [-0.3, -0.25) is 0 Å². The van der Waals surface area contributed by atoms with Crippen molar-refractivity contribution >= 4 is 5.97 Å². The third kappa shape index (κ3) is 2.01. The van der Waals surface area contributed by atoms with Crippen LogP contribution in [0.4, 0.5) is 0 Å². The lowest BCUT2D eigenvalue weighted by atomic mass is 9.90. The summed E-state index contributed by atoms with van der Waals surface area (Å²) in [6.45, 7) is 1.10. The number of likely N-dealkylation sites (tertiary alicyclic amines) is 1. The van der Waals surface area contributed by atoms with E-state index < -0.39 is 12.1 Å².